The molecule has 0 aliphatic carbocycles. The third-order valence-corrected chi connectivity index (χ3v) is 3.50. The summed E-state index contributed by atoms with van der Waals surface area (Å²) < 4.78 is 0. The van der Waals surface area contributed by atoms with Gasteiger partial charge in [-0.2, -0.15) is 0 Å². The Bertz CT molecular complexity index is 141. The zero-order chi connectivity index (χ0) is 13.6. The first-order chi connectivity index (χ1) is 8.78. The van der Waals surface area contributed by atoms with Crippen LogP contribution in [0.4, 0.5) is 0 Å². The first-order valence-corrected chi connectivity index (χ1v) is 8.10. The molecule has 0 aromatic heterocycles. The first kappa shape index (κ1) is 17.9. The molecular weight excluding hydrogens is 224 g/mol. The molecule has 0 N–H and O–H groups in total. The molecule has 2 atom stereocenters. The highest BCUT2D eigenvalue weighted by molar-refractivity contribution is 4.56. The van der Waals surface area contributed by atoms with Gasteiger partial charge in [-0.3, -0.25) is 0 Å². The summed E-state index contributed by atoms with van der Waals surface area (Å²) in [6.45, 7) is 8.83. The lowest BCUT2D eigenvalue weighted by molar-refractivity contribution is -0.353. The molecule has 0 rings (SSSR count). The summed E-state index contributed by atoms with van der Waals surface area (Å²) in [5, 5.41) is 0. The first-order valence-electron chi connectivity index (χ1n) is 8.10. The Labute approximate surface area is 114 Å². The summed E-state index contributed by atoms with van der Waals surface area (Å²) in [7, 11) is 0. The lowest BCUT2D eigenvalue weighted by Gasteiger charge is -2.20. The fraction of sp³-hybridized carbons (Fsp3) is 1.00. The van der Waals surface area contributed by atoms with Crippen LogP contribution in [0.5, 0.6) is 0 Å². The van der Waals surface area contributed by atoms with Crippen LogP contribution in [0.25, 0.3) is 0 Å². The van der Waals surface area contributed by atoms with Crippen molar-refractivity contribution < 1.29 is 9.78 Å². The maximum atomic E-state index is 5.62. The third kappa shape index (κ3) is 9.90. The predicted molar refractivity (Wildman–Crippen MR) is 78.6 cm³/mol. The van der Waals surface area contributed by atoms with E-state index < -0.39 is 0 Å². The van der Waals surface area contributed by atoms with Crippen LogP contribution in [0, 0.1) is 0 Å². The fourth-order valence-electron chi connectivity index (χ4n) is 2.04. The van der Waals surface area contributed by atoms with E-state index >= 15 is 0 Å². The summed E-state index contributed by atoms with van der Waals surface area (Å²) in [6.07, 6.45) is 12.6. The smallest absolute Gasteiger partial charge is 0.0927 e. The fourth-order valence-corrected chi connectivity index (χ4v) is 2.04. The van der Waals surface area contributed by atoms with E-state index in [0.717, 1.165) is 25.7 Å². The van der Waals surface area contributed by atoms with Gasteiger partial charge < -0.3 is 0 Å². The van der Waals surface area contributed by atoms with Crippen molar-refractivity contribution in [1.29, 1.82) is 0 Å². The Kier molecular flexibility index (Phi) is 13.3. The molecule has 0 fully saturated rings. The van der Waals surface area contributed by atoms with E-state index in [1.54, 1.807) is 0 Å². The van der Waals surface area contributed by atoms with Crippen molar-refractivity contribution in [2.24, 2.45) is 0 Å². The van der Waals surface area contributed by atoms with Crippen molar-refractivity contribution in [2.75, 3.05) is 0 Å². The van der Waals surface area contributed by atoms with Gasteiger partial charge in [-0.05, 0) is 25.7 Å². The second-order valence-corrected chi connectivity index (χ2v) is 5.24. The molecule has 0 saturated carbocycles. The van der Waals surface area contributed by atoms with Crippen LogP contribution in [0.1, 0.15) is 91.9 Å². The summed E-state index contributed by atoms with van der Waals surface area (Å²) in [5.74, 6) is 0. The molecule has 2 nitrogen and oxygen atoms in total. The Balaban J connectivity index is 3.70. The summed E-state index contributed by atoms with van der Waals surface area (Å²) >= 11 is 0. The molecular formula is C16H34O2. The molecule has 2 unspecified atom stereocenters. The second-order valence-electron chi connectivity index (χ2n) is 5.24. The molecule has 2 heteroatoms. The molecule has 0 aliphatic heterocycles. The van der Waals surface area contributed by atoms with Gasteiger partial charge in [0, 0.05) is 0 Å². The lowest BCUT2D eigenvalue weighted by Crippen LogP contribution is -2.19. The quantitative estimate of drug-likeness (QED) is 0.241. The molecule has 0 saturated heterocycles. The summed E-state index contributed by atoms with van der Waals surface area (Å²) in [4.78, 5) is 11.2. The SMILES string of the molecule is CCCCCC(CC)OOC(CC)CCCCC. The van der Waals surface area contributed by atoms with Crippen LogP contribution >= 0.6 is 0 Å². The Morgan fingerprint density at radius 1 is 0.611 bits per heavy atom. The van der Waals surface area contributed by atoms with E-state index in [9.17, 15) is 0 Å². The van der Waals surface area contributed by atoms with Crippen molar-refractivity contribution in [1.82, 2.24) is 0 Å². The number of unbranched alkanes of at least 4 members (excludes halogenated alkanes) is 4. The standard InChI is InChI=1S/C16H34O2/c1-5-9-11-13-15(7-3)17-18-16(8-4)14-12-10-6-2/h15-16H,5-14H2,1-4H3. The van der Waals surface area contributed by atoms with Crippen LogP contribution in [0.15, 0.2) is 0 Å². The molecule has 0 aromatic carbocycles. The van der Waals surface area contributed by atoms with Crippen LogP contribution in [0.3, 0.4) is 0 Å². The topological polar surface area (TPSA) is 18.5 Å². The van der Waals surface area contributed by atoms with E-state index in [1.807, 2.05) is 0 Å². The minimum atomic E-state index is 0.289. The van der Waals surface area contributed by atoms with Gasteiger partial charge >= 0.3 is 0 Å². The van der Waals surface area contributed by atoms with Gasteiger partial charge in [0.05, 0.1) is 12.2 Å². The monoisotopic (exact) mass is 258 g/mol. The van der Waals surface area contributed by atoms with E-state index in [2.05, 4.69) is 27.7 Å². The molecule has 0 heterocycles. The Morgan fingerprint density at radius 3 is 1.28 bits per heavy atom. The number of rotatable bonds is 13. The predicted octanol–water partition coefficient (Wildman–Crippen LogP) is 5.65. The van der Waals surface area contributed by atoms with E-state index in [1.165, 1.54) is 38.5 Å². The Hall–Kier alpha value is -0.0800. The van der Waals surface area contributed by atoms with Crippen molar-refractivity contribution in [2.45, 2.75) is 104 Å². The highest BCUT2D eigenvalue weighted by atomic mass is 17.2. The number of hydrogen-bond donors (Lipinski definition) is 0. The average Bonchev–Trinajstić information content (AvgIpc) is 2.40. The van der Waals surface area contributed by atoms with Crippen molar-refractivity contribution in [3.63, 3.8) is 0 Å². The largest absolute Gasteiger partial charge is 0.233 e. The highest BCUT2D eigenvalue weighted by Crippen LogP contribution is 2.15. The van der Waals surface area contributed by atoms with Gasteiger partial charge in [0.2, 0.25) is 0 Å². The van der Waals surface area contributed by atoms with Gasteiger partial charge in [-0.15, -0.1) is 0 Å². The zero-order valence-corrected chi connectivity index (χ0v) is 13.0. The van der Waals surface area contributed by atoms with E-state index in [0.29, 0.717) is 0 Å². The van der Waals surface area contributed by atoms with Gasteiger partial charge in [-0.1, -0.05) is 66.2 Å². The average molecular weight is 258 g/mol. The van der Waals surface area contributed by atoms with Crippen LogP contribution in [-0.2, 0) is 9.78 Å². The summed E-state index contributed by atoms with van der Waals surface area (Å²) in [5.41, 5.74) is 0. The molecule has 18 heavy (non-hydrogen) atoms. The van der Waals surface area contributed by atoms with Crippen LogP contribution < -0.4 is 0 Å². The normalized spacial score (nSPS) is 14.7. The van der Waals surface area contributed by atoms with Crippen molar-refractivity contribution in [3.8, 4) is 0 Å². The van der Waals surface area contributed by atoms with Crippen molar-refractivity contribution in [3.05, 3.63) is 0 Å². The molecule has 0 spiro atoms. The van der Waals surface area contributed by atoms with Gasteiger partial charge in [0.25, 0.3) is 0 Å². The van der Waals surface area contributed by atoms with Crippen molar-refractivity contribution >= 4 is 0 Å². The molecule has 0 amide bonds. The zero-order valence-electron chi connectivity index (χ0n) is 13.0. The highest BCUT2D eigenvalue weighted by Gasteiger charge is 2.12. The van der Waals surface area contributed by atoms with E-state index in [4.69, 9.17) is 9.78 Å². The molecule has 0 aromatic rings. The molecule has 0 aliphatic rings. The lowest BCUT2D eigenvalue weighted by atomic mass is 10.1. The molecule has 0 radical (unpaired) electrons. The second kappa shape index (κ2) is 13.4. The maximum Gasteiger partial charge on any atom is 0.0927 e. The van der Waals surface area contributed by atoms with Gasteiger partial charge in [0.15, 0.2) is 0 Å². The van der Waals surface area contributed by atoms with Crippen LogP contribution in [0.2, 0.25) is 0 Å². The summed E-state index contributed by atoms with van der Waals surface area (Å²) in [6, 6.07) is 0. The third-order valence-electron chi connectivity index (χ3n) is 3.50. The van der Waals surface area contributed by atoms with Crippen LogP contribution in [-0.4, -0.2) is 12.2 Å². The molecule has 110 valence electrons. The number of hydrogen-bond acceptors (Lipinski definition) is 2. The molecule has 0 bridgehead atoms. The minimum absolute atomic E-state index is 0.289. The van der Waals surface area contributed by atoms with E-state index in [-0.39, 0.29) is 12.2 Å². The minimum Gasteiger partial charge on any atom is -0.233 e. The van der Waals surface area contributed by atoms with Gasteiger partial charge in [-0.25, -0.2) is 9.78 Å². The van der Waals surface area contributed by atoms with Gasteiger partial charge in [0.1, 0.15) is 0 Å². The Morgan fingerprint density at radius 2 is 1.00 bits per heavy atom. The maximum absolute atomic E-state index is 5.62.